The average molecular weight is 1560 g/mol. The molecule has 6 atom stereocenters. The van der Waals surface area contributed by atoms with Crippen LogP contribution in [0.3, 0.4) is 0 Å². The minimum Gasteiger partial charge on any atom is -0.480 e. The molecule has 0 spiro atoms. The SMILES string of the molecule is COC(=O)C[C@H](C(=O)N1CCC[C@H]1C(=O)O)C(C)C.COC(=O)N[C@H](C(=O)N1CCC[C@H]1C(=O)OCC(=O)c1ccc(-c2ccc(C(=O)COC(=O)[C@@H]3CCCN3C(=O)[C@@H](NC(=O)OC)C(C)C)c3scnc23)cc1)C(C)C.O=C(CBr)c1ccc(-c2ccc(C(=O)CBr)c3scnc23)cc1. The van der Waals surface area contributed by atoms with Crippen LogP contribution in [0.1, 0.15) is 128 Å². The van der Waals surface area contributed by atoms with Crippen molar-refractivity contribution < 1.29 is 91.1 Å². The van der Waals surface area contributed by atoms with E-state index >= 15 is 0 Å². The summed E-state index contributed by atoms with van der Waals surface area (Å²) in [6.07, 6.45) is 1.45. The van der Waals surface area contributed by atoms with Gasteiger partial charge in [0.05, 0.1) is 75.8 Å². The van der Waals surface area contributed by atoms with Crippen LogP contribution in [0.15, 0.2) is 83.8 Å². The quantitative estimate of drug-likeness (QED) is 0.0207. The summed E-state index contributed by atoms with van der Waals surface area (Å²) in [6, 6.07) is 16.8. The topological polar surface area (TPSA) is 348 Å². The molecule has 0 aliphatic carbocycles. The Balaban J connectivity index is 0.000000274. The van der Waals surface area contributed by atoms with Crippen molar-refractivity contribution in [1.82, 2.24) is 35.3 Å². The van der Waals surface area contributed by atoms with Gasteiger partial charge in [0.25, 0.3) is 0 Å². The fourth-order valence-corrected chi connectivity index (χ4v) is 14.3. The lowest BCUT2D eigenvalue weighted by Gasteiger charge is -2.29. The van der Waals surface area contributed by atoms with Gasteiger partial charge in [-0.2, -0.15) is 0 Å². The number of aliphatic carboxylic acids is 1. The number of hydrogen-bond acceptors (Lipinski definition) is 22. The molecule has 0 bridgehead atoms. The number of aromatic nitrogens is 2. The molecule has 2 aromatic heterocycles. The van der Waals surface area contributed by atoms with Crippen LogP contribution in [0.2, 0.25) is 0 Å². The van der Waals surface area contributed by atoms with Crippen LogP contribution < -0.4 is 10.6 Å². The van der Waals surface area contributed by atoms with Crippen LogP contribution in [-0.2, 0) is 57.2 Å². The zero-order valence-corrected chi connectivity index (χ0v) is 62.1. The number of methoxy groups -OCH3 is 3. The summed E-state index contributed by atoms with van der Waals surface area (Å²) < 4.78 is 26.2. The van der Waals surface area contributed by atoms with Crippen molar-refractivity contribution in [3.63, 3.8) is 0 Å². The molecule has 6 aromatic rings. The molecular weight excluding hydrogens is 1480 g/mol. The van der Waals surface area contributed by atoms with Gasteiger partial charge in [0.2, 0.25) is 23.5 Å². The molecule has 3 N–H and O–H groups in total. The molecule has 0 radical (unpaired) electrons. The van der Waals surface area contributed by atoms with Crippen LogP contribution in [-0.4, -0.2) is 202 Å². The molecule has 26 nitrogen and oxygen atoms in total. The number of alkyl halides is 2. The first-order valence-corrected chi connectivity index (χ1v) is 36.6. The van der Waals surface area contributed by atoms with Crippen molar-refractivity contribution in [2.24, 2.45) is 23.7 Å². The summed E-state index contributed by atoms with van der Waals surface area (Å²) in [5.74, 6) is -5.91. The van der Waals surface area contributed by atoms with Gasteiger partial charge in [-0.05, 0) is 79.5 Å². The third kappa shape index (κ3) is 19.8. The number of Topliss-reactive ketones (excluding diaryl/α,β-unsaturated/α-hetero) is 4. The van der Waals surface area contributed by atoms with E-state index in [4.69, 9.17) is 14.6 Å². The zero-order valence-electron chi connectivity index (χ0n) is 57.3. The molecule has 3 saturated heterocycles. The molecular formula is C71H81Br2N7O19S2. The summed E-state index contributed by atoms with van der Waals surface area (Å²) in [4.78, 5) is 175. The van der Waals surface area contributed by atoms with Gasteiger partial charge >= 0.3 is 36.1 Å². The second kappa shape index (κ2) is 37.2. The first kappa shape index (κ1) is 79.5. The largest absolute Gasteiger partial charge is 0.480 e. The Morgan fingerprint density at radius 2 is 0.901 bits per heavy atom. The maximum absolute atomic E-state index is 13.4. The van der Waals surface area contributed by atoms with E-state index in [9.17, 15) is 62.3 Å². The highest BCUT2D eigenvalue weighted by atomic mass is 79.9. The predicted molar refractivity (Wildman–Crippen MR) is 382 cm³/mol. The summed E-state index contributed by atoms with van der Waals surface area (Å²) in [6.45, 7) is 10.7. The molecule has 0 unspecified atom stereocenters. The first-order chi connectivity index (χ1) is 48.2. The number of nitrogens with one attached hydrogen (secondary N) is 2. The number of carboxylic acids is 1. The Kier molecular flexibility index (Phi) is 29.2. The van der Waals surface area contributed by atoms with Gasteiger partial charge in [-0.15, -0.1) is 22.7 Å². The molecule has 3 aliphatic rings. The molecule has 101 heavy (non-hydrogen) atoms. The number of benzene rings is 4. The maximum Gasteiger partial charge on any atom is 0.407 e. The van der Waals surface area contributed by atoms with Gasteiger partial charge in [-0.1, -0.05) is 134 Å². The molecule has 3 fully saturated rings. The average Bonchev–Trinajstić information content (AvgIpc) is 1.71. The van der Waals surface area contributed by atoms with Crippen molar-refractivity contribution in [2.45, 2.75) is 117 Å². The maximum atomic E-state index is 13.4. The number of ketones is 4. The number of likely N-dealkylation sites (tertiary alicyclic amines) is 3. The summed E-state index contributed by atoms with van der Waals surface area (Å²) in [5.41, 5.74) is 9.97. The Hall–Kier alpha value is -8.87. The van der Waals surface area contributed by atoms with E-state index in [-0.39, 0.29) is 47.2 Å². The van der Waals surface area contributed by atoms with E-state index in [0.29, 0.717) is 107 Å². The predicted octanol–water partition coefficient (Wildman–Crippen LogP) is 10.2. The molecule has 9 rings (SSSR count). The molecule has 5 heterocycles. The van der Waals surface area contributed by atoms with Gasteiger partial charge < -0.3 is 54.1 Å². The second-order valence-electron chi connectivity index (χ2n) is 25.0. The number of nitrogens with zero attached hydrogens (tertiary/aromatic N) is 5. The number of alkyl carbamates (subject to hydrolysis) is 2. The number of hydrogen-bond donors (Lipinski definition) is 3. The second-order valence-corrected chi connectivity index (χ2v) is 27.8. The Morgan fingerprint density at radius 1 is 0.505 bits per heavy atom. The Morgan fingerprint density at radius 3 is 1.29 bits per heavy atom. The number of esters is 3. The van der Waals surface area contributed by atoms with Gasteiger partial charge in [0.1, 0.15) is 30.2 Å². The van der Waals surface area contributed by atoms with Crippen molar-refractivity contribution in [2.75, 3.05) is 64.8 Å². The molecule has 30 heteroatoms. The standard InChI is InChI=1S/C41H49N5O12S.C17H11Br2NO2S.C13H21NO5/c1-22(2)32(43-40(53)55-5)36(49)45-17-7-9-28(45)38(51)57-19-30(47)25-13-11-24(12-14-25)26-15-16-27(35-34(26)42-21-59-35)31(48)20-58-39(52)29-10-8-18-46(29)37(50)33(23(3)4)44-41(54)56-6;18-7-14(21)11-3-1-10(2-4-11)12-5-6-13(15(22)8-19)17-16(12)20-9-23-17;1-8(2)9(7-11(15)19-3)12(16)14-6-4-5-10(14)13(17)18/h11-16,21-23,28-29,32-33H,7-10,17-20H2,1-6H3,(H,43,53)(H,44,54);1-6,9H,7-8H2;8-10H,4-7H2,1-3H3,(H,17,18)/t28-,29-,32-,33-;;9-,10-/m0.0/s1. The lowest BCUT2D eigenvalue weighted by molar-refractivity contribution is -0.153. The van der Waals surface area contributed by atoms with Crippen LogP contribution in [0.25, 0.3) is 42.7 Å². The van der Waals surface area contributed by atoms with E-state index in [1.54, 1.807) is 75.1 Å². The fraction of sp³-hybridized carbons (Fsp3) is 0.451. The van der Waals surface area contributed by atoms with Gasteiger partial charge in [0.15, 0.2) is 30.6 Å². The van der Waals surface area contributed by atoms with Crippen LogP contribution in [0.5, 0.6) is 0 Å². The summed E-state index contributed by atoms with van der Waals surface area (Å²) in [5, 5.41) is 14.8. The number of amides is 5. The third-order valence-electron chi connectivity index (χ3n) is 17.5. The first-order valence-electron chi connectivity index (χ1n) is 32.6. The number of fused-ring (bicyclic) bond motifs is 2. The molecule has 4 aromatic carbocycles. The lowest BCUT2D eigenvalue weighted by Crippen LogP contribution is -2.54. The highest BCUT2D eigenvalue weighted by molar-refractivity contribution is 9.09. The van der Waals surface area contributed by atoms with E-state index in [1.807, 2.05) is 50.2 Å². The third-order valence-corrected chi connectivity index (χ3v) is 20.2. The molecule has 540 valence electrons. The minimum atomic E-state index is -0.980. The van der Waals surface area contributed by atoms with Gasteiger partial charge in [-0.3, -0.25) is 38.4 Å². The van der Waals surface area contributed by atoms with Gasteiger partial charge in [0, 0.05) is 53.0 Å². The lowest BCUT2D eigenvalue weighted by atomic mass is 9.91. The van der Waals surface area contributed by atoms with E-state index in [1.165, 1.54) is 58.7 Å². The van der Waals surface area contributed by atoms with Gasteiger partial charge in [-0.25, -0.2) is 33.9 Å². The van der Waals surface area contributed by atoms with Crippen molar-refractivity contribution in [3.8, 4) is 22.3 Å². The number of thiazole rings is 2. The number of carbonyl (C=O) groups excluding carboxylic acids is 12. The summed E-state index contributed by atoms with van der Waals surface area (Å²) in [7, 11) is 3.67. The number of carbonyl (C=O) groups is 13. The van der Waals surface area contributed by atoms with Crippen molar-refractivity contribution in [1.29, 1.82) is 0 Å². The molecule has 5 amide bonds. The highest BCUT2D eigenvalue weighted by Crippen LogP contribution is 2.36. The monoisotopic (exact) mass is 1560 g/mol. The Labute approximate surface area is 608 Å². The van der Waals surface area contributed by atoms with Crippen LogP contribution in [0.4, 0.5) is 9.59 Å². The van der Waals surface area contributed by atoms with Crippen LogP contribution >= 0.6 is 54.5 Å². The Bertz CT molecular complexity index is 4050. The van der Waals surface area contributed by atoms with E-state index in [0.717, 1.165) is 21.3 Å². The van der Waals surface area contributed by atoms with Crippen LogP contribution in [0, 0.1) is 23.7 Å². The number of ether oxygens (including phenoxy) is 5. The zero-order chi connectivity index (χ0) is 73.9. The highest BCUT2D eigenvalue weighted by Gasteiger charge is 2.43. The summed E-state index contributed by atoms with van der Waals surface area (Å²) >= 11 is 9.10. The smallest absolute Gasteiger partial charge is 0.407 e. The van der Waals surface area contributed by atoms with E-state index < -0.39 is 109 Å². The minimum absolute atomic E-state index is 0.00413. The molecule has 3 aliphatic heterocycles. The van der Waals surface area contributed by atoms with Crippen molar-refractivity contribution >= 4 is 152 Å². The normalized spacial score (nSPS) is 16.5. The van der Waals surface area contributed by atoms with Crippen molar-refractivity contribution in [3.05, 3.63) is 106 Å². The molecule has 0 saturated carbocycles. The number of halogens is 2. The fourth-order valence-electron chi connectivity index (χ4n) is 11.9. The number of rotatable bonds is 25. The van der Waals surface area contributed by atoms with E-state index in [2.05, 4.69) is 66.7 Å². The number of carboxylic acid groups (broad SMARTS) is 1.